The topological polar surface area (TPSA) is 79.7 Å². The molecular weight excluding hydrogens is 268 g/mol. The van der Waals surface area contributed by atoms with E-state index in [4.69, 9.17) is 9.84 Å². The van der Waals surface area contributed by atoms with Gasteiger partial charge in [-0.05, 0) is 12.8 Å². The Kier molecular flexibility index (Phi) is 4.49. The van der Waals surface area contributed by atoms with Crippen molar-refractivity contribution in [3.05, 3.63) is 16.1 Å². The van der Waals surface area contributed by atoms with Crippen LogP contribution in [0.25, 0.3) is 0 Å². The zero-order valence-electron chi connectivity index (χ0n) is 10.7. The first-order valence-electron chi connectivity index (χ1n) is 6.19. The van der Waals surface area contributed by atoms with Crippen LogP contribution in [0.2, 0.25) is 0 Å². The molecule has 0 radical (unpaired) electrons. The van der Waals surface area contributed by atoms with Crippen LogP contribution in [0, 0.1) is 0 Å². The molecule has 0 bridgehead atoms. The Hall–Kier alpha value is -1.47. The van der Waals surface area contributed by atoms with Gasteiger partial charge in [0.2, 0.25) is 0 Å². The minimum absolute atomic E-state index is 0.0433. The maximum Gasteiger partial charge on any atom is 0.328 e. The molecule has 1 aromatic rings. The number of aliphatic carboxylic acids is 1. The second kappa shape index (κ2) is 6.12. The van der Waals surface area contributed by atoms with Gasteiger partial charge in [-0.3, -0.25) is 4.79 Å². The minimum atomic E-state index is -1.04. The zero-order valence-corrected chi connectivity index (χ0v) is 11.5. The van der Waals surface area contributed by atoms with Crippen molar-refractivity contribution < 1.29 is 19.4 Å². The van der Waals surface area contributed by atoms with Gasteiger partial charge in [-0.2, -0.15) is 0 Å². The highest BCUT2D eigenvalue weighted by atomic mass is 32.1. The van der Waals surface area contributed by atoms with Crippen molar-refractivity contribution in [2.75, 3.05) is 19.8 Å². The van der Waals surface area contributed by atoms with Crippen molar-refractivity contribution in [2.24, 2.45) is 0 Å². The Balaban J connectivity index is 2.14. The minimum Gasteiger partial charge on any atom is -0.480 e. The number of thiazole rings is 1. The lowest BCUT2D eigenvalue weighted by atomic mass is 10.2. The third kappa shape index (κ3) is 3.10. The molecule has 6 nitrogen and oxygen atoms in total. The first-order chi connectivity index (χ1) is 9.13. The lowest BCUT2D eigenvalue weighted by Gasteiger charge is -2.32. The Morgan fingerprint density at radius 3 is 3.11 bits per heavy atom. The first-order valence-corrected chi connectivity index (χ1v) is 7.01. The number of ether oxygens (including phenoxy) is 1. The molecule has 0 saturated carbocycles. The van der Waals surface area contributed by atoms with E-state index in [1.54, 1.807) is 0 Å². The van der Waals surface area contributed by atoms with Crippen molar-refractivity contribution in [1.29, 1.82) is 0 Å². The summed E-state index contributed by atoms with van der Waals surface area (Å²) in [7, 11) is 0. The van der Waals surface area contributed by atoms with Crippen molar-refractivity contribution in [2.45, 2.75) is 25.8 Å². The number of carbonyl (C=O) groups is 2. The Bertz CT molecular complexity index is 474. The Labute approximate surface area is 115 Å². The van der Waals surface area contributed by atoms with Gasteiger partial charge in [0.15, 0.2) is 6.04 Å². The largest absolute Gasteiger partial charge is 0.480 e. The van der Waals surface area contributed by atoms with E-state index in [1.807, 2.05) is 6.92 Å². The Morgan fingerprint density at radius 1 is 1.63 bits per heavy atom. The third-order valence-corrected chi connectivity index (χ3v) is 3.95. The number of hydrogen-bond donors (Lipinski definition) is 1. The molecule has 1 unspecified atom stereocenters. The summed E-state index contributed by atoms with van der Waals surface area (Å²) in [5, 5.41) is 10.0. The molecule has 1 fully saturated rings. The molecule has 0 aromatic carbocycles. The maximum atomic E-state index is 12.3. The molecule has 1 amide bonds. The predicted molar refractivity (Wildman–Crippen MR) is 69.4 cm³/mol. The van der Waals surface area contributed by atoms with Gasteiger partial charge >= 0.3 is 5.97 Å². The highest BCUT2D eigenvalue weighted by molar-refractivity contribution is 7.13. The van der Waals surface area contributed by atoms with Crippen LogP contribution in [0.5, 0.6) is 0 Å². The van der Waals surface area contributed by atoms with Crippen molar-refractivity contribution in [3.63, 3.8) is 0 Å². The lowest BCUT2D eigenvalue weighted by molar-refractivity contribution is -0.147. The number of carboxylic acids is 1. The van der Waals surface area contributed by atoms with E-state index in [0.29, 0.717) is 18.0 Å². The number of aromatic nitrogens is 1. The fourth-order valence-electron chi connectivity index (χ4n) is 1.93. The van der Waals surface area contributed by atoms with Crippen LogP contribution < -0.4 is 0 Å². The highest BCUT2D eigenvalue weighted by Gasteiger charge is 2.33. The number of carbonyl (C=O) groups excluding carboxylic acids is 1. The van der Waals surface area contributed by atoms with Crippen LogP contribution >= 0.6 is 11.3 Å². The number of amides is 1. The van der Waals surface area contributed by atoms with Crippen molar-refractivity contribution >= 4 is 23.2 Å². The standard InChI is InChI=1S/C12H16N2O4S/c1-2-3-10-13-6-9(19-10)11(15)14-4-5-18-7-8(14)12(16)17/h6,8H,2-5,7H2,1H3,(H,16,17). The van der Waals surface area contributed by atoms with E-state index >= 15 is 0 Å². The van der Waals surface area contributed by atoms with Gasteiger partial charge in [-0.25, -0.2) is 9.78 Å². The first kappa shape index (κ1) is 14.0. The normalized spacial score (nSPS) is 19.4. The van der Waals surface area contributed by atoms with Crippen molar-refractivity contribution in [1.82, 2.24) is 9.88 Å². The van der Waals surface area contributed by atoms with Crippen LogP contribution in [-0.2, 0) is 16.0 Å². The second-order valence-corrected chi connectivity index (χ2v) is 5.41. The van der Waals surface area contributed by atoms with Gasteiger partial charge in [-0.15, -0.1) is 11.3 Å². The molecule has 1 aliphatic heterocycles. The monoisotopic (exact) mass is 284 g/mol. The Morgan fingerprint density at radius 2 is 2.42 bits per heavy atom. The highest BCUT2D eigenvalue weighted by Crippen LogP contribution is 2.19. The fourth-order valence-corrected chi connectivity index (χ4v) is 2.91. The molecule has 2 heterocycles. The van der Waals surface area contributed by atoms with E-state index in [0.717, 1.165) is 17.8 Å². The van der Waals surface area contributed by atoms with Crippen LogP contribution in [0.1, 0.15) is 28.0 Å². The van der Waals surface area contributed by atoms with Gasteiger partial charge in [-0.1, -0.05) is 6.92 Å². The average Bonchev–Trinajstić information content (AvgIpc) is 2.87. The summed E-state index contributed by atoms with van der Waals surface area (Å²) in [4.78, 5) is 29.5. The van der Waals surface area contributed by atoms with Crippen LogP contribution in [0.3, 0.4) is 0 Å². The molecule has 1 saturated heterocycles. The smallest absolute Gasteiger partial charge is 0.328 e. The number of aryl methyl sites for hydroxylation is 1. The van der Waals surface area contributed by atoms with E-state index in [2.05, 4.69) is 4.98 Å². The average molecular weight is 284 g/mol. The molecule has 1 aliphatic rings. The quantitative estimate of drug-likeness (QED) is 0.893. The summed E-state index contributed by atoms with van der Waals surface area (Å²) in [6.07, 6.45) is 3.34. The van der Waals surface area contributed by atoms with Gasteiger partial charge < -0.3 is 14.7 Å². The molecule has 1 aromatic heterocycles. The molecule has 104 valence electrons. The summed E-state index contributed by atoms with van der Waals surface area (Å²) >= 11 is 1.34. The summed E-state index contributed by atoms with van der Waals surface area (Å²) in [5.41, 5.74) is 0. The lowest BCUT2D eigenvalue weighted by Crippen LogP contribution is -2.52. The molecule has 0 aliphatic carbocycles. The number of morpholine rings is 1. The summed E-state index contributed by atoms with van der Waals surface area (Å²) < 4.78 is 5.12. The van der Waals surface area contributed by atoms with Gasteiger partial charge in [0.25, 0.3) is 5.91 Å². The van der Waals surface area contributed by atoms with Crippen molar-refractivity contribution in [3.8, 4) is 0 Å². The predicted octanol–water partition coefficient (Wildman–Crippen LogP) is 1.02. The fraction of sp³-hybridized carbons (Fsp3) is 0.583. The van der Waals surface area contributed by atoms with Crippen LogP contribution in [-0.4, -0.2) is 52.7 Å². The molecule has 19 heavy (non-hydrogen) atoms. The van der Waals surface area contributed by atoms with E-state index in [9.17, 15) is 9.59 Å². The van der Waals surface area contributed by atoms with E-state index in [-0.39, 0.29) is 12.5 Å². The van der Waals surface area contributed by atoms with Crippen LogP contribution in [0.15, 0.2) is 6.20 Å². The van der Waals surface area contributed by atoms with Crippen LogP contribution in [0.4, 0.5) is 0 Å². The summed E-state index contributed by atoms with van der Waals surface area (Å²) in [6.45, 7) is 2.76. The number of nitrogens with zero attached hydrogens (tertiary/aromatic N) is 2. The van der Waals surface area contributed by atoms with E-state index < -0.39 is 12.0 Å². The van der Waals surface area contributed by atoms with Gasteiger partial charge in [0.1, 0.15) is 4.88 Å². The third-order valence-electron chi connectivity index (χ3n) is 2.90. The number of rotatable bonds is 4. The number of hydrogen-bond acceptors (Lipinski definition) is 5. The SMILES string of the molecule is CCCc1ncc(C(=O)N2CCOCC2C(=O)O)s1. The maximum absolute atomic E-state index is 12.3. The molecular formula is C12H16N2O4S. The summed E-state index contributed by atoms with van der Waals surface area (Å²) in [6, 6.07) is -0.905. The second-order valence-electron chi connectivity index (χ2n) is 4.30. The van der Waals surface area contributed by atoms with Gasteiger partial charge in [0.05, 0.1) is 24.4 Å². The molecule has 1 N–H and O–H groups in total. The number of carboxylic acid groups (broad SMARTS) is 1. The molecule has 7 heteroatoms. The zero-order chi connectivity index (χ0) is 13.8. The van der Waals surface area contributed by atoms with E-state index in [1.165, 1.54) is 22.4 Å². The summed E-state index contributed by atoms with van der Waals surface area (Å²) in [5.74, 6) is -1.30. The molecule has 1 atom stereocenters. The molecule has 2 rings (SSSR count). The molecule has 0 spiro atoms. The van der Waals surface area contributed by atoms with Gasteiger partial charge in [0, 0.05) is 6.54 Å².